The lowest BCUT2D eigenvalue weighted by atomic mass is 10.1. The highest BCUT2D eigenvalue weighted by atomic mass is 16.2. The molecule has 0 aliphatic rings. The Hall–Kier alpha value is -1.82. The van der Waals surface area contributed by atoms with Gasteiger partial charge in [-0.15, -0.1) is 0 Å². The molecule has 0 saturated heterocycles. The van der Waals surface area contributed by atoms with Crippen molar-refractivity contribution in [2.45, 2.75) is 26.8 Å². The summed E-state index contributed by atoms with van der Waals surface area (Å²) >= 11 is 0. The summed E-state index contributed by atoms with van der Waals surface area (Å²) < 4.78 is 0. The average molecular weight is 216 g/mol. The molecule has 3 heteroatoms. The quantitative estimate of drug-likeness (QED) is 0.761. The summed E-state index contributed by atoms with van der Waals surface area (Å²) in [4.78, 5) is 13.4. The van der Waals surface area contributed by atoms with Crippen LogP contribution in [-0.2, 0) is 0 Å². The van der Waals surface area contributed by atoms with Gasteiger partial charge in [-0.3, -0.25) is 4.79 Å². The van der Waals surface area contributed by atoms with Crippen LogP contribution in [0.1, 0.15) is 28.4 Å². The highest BCUT2D eigenvalue weighted by Crippen LogP contribution is 2.12. The summed E-state index contributed by atoms with van der Waals surface area (Å²) in [7, 11) is 1.64. The largest absolute Gasteiger partial charge is 0.326 e. The minimum Gasteiger partial charge on any atom is -0.326 e. The van der Waals surface area contributed by atoms with E-state index in [0.29, 0.717) is 5.56 Å². The van der Waals surface area contributed by atoms with Gasteiger partial charge in [0.25, 0.3) is 5.91 Å². The van der Waals surface area contributed by atoms with E-state index in [-0.39, 0.29) is 5.91 Å². The van der Waals surface area contributed by atoms with Crippen LogP contribution in [-0.4, -0.2) is 23.9 Å². The molecule has 0 fully saturated rings. The third-order valence-electron chi connectivity index (χ3n) is 2.84. The van der Waals surface area contributed by atoms with E-state index in [1.54, 1.807) is 20.0 Å². The third kappa shape index (κ3) is 2.40. The van der Waals surface area contributed by atoms with Crippen LogP contribution in [0.5, 0.6) is 0 Å². The number of aryl methyl sites for hydroxylation is 2. The van der Waals surface area contributed by atoms with E-state index in [0.717, 1.165) is 11.1 Å². The number of rotatable bonds is 2. The number of hydrogen-bond donors (Lipinski definition) is 0. The number of hydrogen-bond acceptors (Lipinski definition) is 2. The maximum Gasteiger partial charge on any atom is 0.254 e. The number of nitrogens with zero attached hydrogens (tertiary/aromatic N) is 2. The Labute approximate surface area is 96.3 Å². The molecule has 1 rings (SSSR count). The Morgan fingerprint density at radius 3 is 2.50 bits per heavy atom. The van der Waals surface area contributed by atoms with Crippen molar-refractivity contribution in [1.82, 2.24) is 4.90 Å². The van der Waals surface area contributed by atoms with E-state index in [1.165, 1.54) is 4.90 Å². The fourth-order valence-electron chi connectivity index (χ4n) is 1.34. The highest BCUT2D eigenvalue weighted by molar-refractivity contribution is 5.94. The summed E-state index contributed by atoms with van der Waals surface area (Å²) in [5, 5.41) is 8.76. The molecule has 0 bridgehead atoms. The first-order valence-corrected chi connectivity index (χ1v) is 5.21. The van der Waals surface area contributed by atoms with E-state index >= 15 is 0 Å². The van der Waals surface area contributed by atoms with Crippen molar-refractivity contribution >= 4 is 5.91 Å². The van der Waals surface area contributed by atoms with Gasteiger partial charge in [0.2, 0.25) is 0 Å². The Balaban J connectivity index is 2.98. The molecule has 0 aliphatic heterocycles. The molecular weight excluding hydrogens is 200 g/mol. The van der Waals surface area contributed by atoms with Crippen LogP contribution < -0.4 is 0 Å². The molecule has 0 aliphatic carbocycles. The van der Waals surface area contributed by atoms with Gasteiger partial charge in [0.1, 0.15) is 6.04 Å². The molecule has 0 radical (unpaired) electrons. The second-order valence-electron chi connectivity index (χ2n) is 4.02. The van der Waals surface area contributed by atoms with Crippen LogP contribution in [0.2, 0.25) is 0 Å². The molecule has 0 unspecified atom stereocenters. The first-order valence-electron chi connectivity index (χ1n) is 5.21. The fraction of sp³-hybridized carbons (Fsp3) is 0.385. The number of benzene rings is 1. The molecular formula is C13H16N2O. The second-order valence-corrected chi connectivity index (χ2v) is 4.02. The standard InChI is InChI=1S/C13H16N2O/c1-9-5-6-12(7-10(9)2)13(16)15(4)11(3)8-14/h5-7,11H,1-4H3/t11-/m0/s1. The first-order chi connectivity index (χ1) is 7.47. The Bertz CT molecular complexity index is 446. The van der Waals surface area contributed by atoms with Crippen molar-refractivity contribution in [1.29, 1.82) is 5.26 Å². The zero-order valence-corrected chi connectivity index (χ0v) is 10.1. The van der Waals surface area contributed by atoms with E-state index in [1.807, 2.05) is 32.0 Å². The maximum atomic E-state index is 12.0. The number of carbonyl (C=O) groups is 1. The molecule has 16 heavy (non-hydrogen) atoms. The molecule has 0 heterocycles. The van der Waals surface area contributed by atoms with Gasteiger partial charge in [-0.2, -0.15) is 5.26 Å². The monoisotopic (exact) mass is 216 g/mol. The summed E-state index contributed by atoms with van der Waals surface area (Å²) in [6, 6.07) is 7.22. The van der Waals surface area contributed by atoms with Gasteiger partial charge in [-0.25, -0.2) is 0 Å². The van der Waals surface area contributed by atoms with Gasteiger partial charge < -0.3 is 4.90 Å². The second kappa shape index (κ2) is 4.80. The van der Waals surface area contributed by atoms with Crippen molar-refractivity contribution in [3.8, 4) is 6.07 Å². The van der Waals surface area contributed by atoms with Crippen LogP contribution >= 0.6 is 0 Å². The van der Waals surface area contributed by atoms with Crippen molar-refractivity contribution < 1.29 is 4.79 Å². The van der Waals surface area contributed by atoms with Crippen molar-refractivity contribution in [2.75, 3.05) is 7.05 Å². The Morgan fingerprint density at radius 2 is 2.00 bits per heavy atom. The number of amides is 1. The lowest BCUT2D eigenvalue weighted by molar-refractivity contribution is 0.0773. The third-order valence-corrected chi connectivity index (χ3v) is 2.84. The molecule has 1 atom stereocenters. The number of carbonyl (C=O) groups excluding carboxylic acids is 1. The van der Waals surface area contributed by atoms with Gasteiger partial charge in [-0.05, 0) is 44.0 Å². The first kappa shape index (κ1) is 12.3. The fourth-order valence-corrected chi connectivity index (χ4v) is 1.34. The normalized spacial score (nSPS) is 11.7. The Morgan fingerprint density at radius 1 is 1.38 bits per heavy atom. The summed E-state index contributed by atoms with van der Waals surface area (Å²) in [6.45, 7) is 5.68. The smallest absolute Gasteiger partial charge is 0.254 e. The SMILES string of the molecule is Cc1ccc(C(=O)N(C)[C@@H](C)C#N)cc1C. The minimum atomic E-state index is -0.408. The van der Waals surface area contributed by atoms with Crippen LogP contribution in [0.15, 0.2) is 18.2 Å². The minimum absolute atomic E-state index is 0.114. The molecule has 0 saturated carbocycles. The van der Waals surface area contributed by atoms with E-state index < -0.39 is 6.04 Å². The van der Waals surface area contributed by atoms with Gasteiger partial charge in [-0.1, -0.05) is 6.07 Å². The van der Waals surface area contributed by atoms with Gasteiger partial charge in [0, 0.05) is 12.6 Å². The van der Waals surface area contributed by atoms with Crippen LogP contribution in [0.25, 0.3) is 0 Å². The topological polar surface area (TPSA) is 44.1 Å². The zero-order chi connectivity index (χ0) is 12.3. The lowest BCUT2D eigenvalue weighted by Gasteiger charge is -2.19. The summed E-state index contributed by atoms with van der Waals surface area (Å²) in [5.74, 6) is -0.114. The molecule has 1 aromatic carbocycles. The molecule has 3 nitrogen and oxygen atoms in total. The van der Waals surface area contributed by atoms with Crippen molar-refractivity contribution in [3.63, 3.8) is 0 Å². The van der Waals surface area contributed by atoms with E-state index in [9.17, 15) is 4.79 Å². The molecule has 0 N–H and O–H groups in total. The molecule has 1 amide bonds. The molecule has 0 aromatic heterocycles. The van der Waals surface area contributed by atoms with Crippen LogP contribution in [0, 0.1) is 25.2 Å². The zero-order valence-electron chi connectivity index (χ0n) is 10.1. The summed E-state index contributed by atoms with van der Waals surface area (Å²) in [6.07, 6.45) is 0. The molecule has 84 valence electrons. The predicted molar refractivity (Wildman–Crippen MR) is 63.1 cm³/mol. The average Bonchev–Trinajstić information content (AvgIpc) is 2.29. The Kier molecular flexibility index (Phi) is 3.68. The van der Waals surface area contributed by atoms with Crippen molar-refractivity contribution in [3.05, 3.63) is 34.9 Å². The lowest BCUT2D eigenvalue weighted by Crippen LogP contribution is -2.34. The molecule has 0 spiro atoms. The maximum absolute atomic E-state index is 12.0. The summed E-state index contributed by atoms with van der Waals surface area (Å²) in [5.41, 5.74) is 2.88. The van der Waals surface area contributed by atoms with E-state index in [4.69, 9.17) is 5.26 Å². The van der Waals surface area contributed by atoms with Crippen LogP contribution in [0.4, 0.5) is 0 Å². The number of nitriles is 1. The van der Waals surface area contributed by atoms with Crippen LogP contribution in [0.3, 0.4) is 0 Å². The van der Waals surface area contributed by atoms with Gasteiger partial charge >= 0.3 is 0 Å². The predicted octanol–water partition coefficient (Wildman–Crippen LogP) is 2.29. The highest BCUT2D eigenvalue weighted by Gasteiger charge is 2.16. The van der Waals surface area contributed by atoms with Crippen molar-refractivity contribution in [2.24, 2.45) is 0 Å². The van der Waals surface area contributed by atoms with E-state index in [2.05, 4.69) is 0 Å². The van der Waals surface area contributed by atoms with Gasteiger partial charge in [0.05, 0.1) is 6.07 Å². The molecule has 1 aromatic rings. The van der Waals surface area contributed by atoms with Gasteiger partial charge in [0.15, 0.2) is 0 Å².